The van der Waals surface area contributed by atoms with Gasteiger partial charge in [-0.2, -0.15) is 0 Å². The van der Waals surface area contributed by atoms with Crippen LogP contribution in [0.1, 0.15) is 52.8 Å². The summed E-state index contributed by atoms with van der Waals surface area (Å²) < 4.78 is 0. The fourth-order valence-corrected chi connectivity index (χ4v) is 4.26. The van der Waals surface area contributed by atoms with Gasteiger partial charge in [0.05, 0.1) is 10.7 Å². The van der Waals surface area contributed by atoms with E-state index in [2.05, 4.69) is 51.4 Å². The van der Waals surface area contributed by atoms with Gasteiger partial charge in [-0.15, -0.1) is 22.7 Å². The van der Waals surface area contributed by atoms with Gasteiger partial charge >= 0.3 is 0 Å². The molecule has 0 bridgehead atoms. The van der Waals surface area contributed by atoms with E-state index in [0.717, 1.165) is 6.42 Å². The third-order valence-electron chi connectivity index (χ3n) is 3.58. The number of nitrogens with one attached hydrogen (secondary N) is 1. The van der Waals surface area contributed by atoms with E-state index >= 15 is 0 Å². The van der Waals surface area contributed by atoms with Gasteiger partial charge in [0.15, 0.2) is 0 Å². The zero-order chi connectivity index (χ0) is 14.9. The molecule has 2 aromatic rings. The molecule has 0 spiro atoms. The van der Waals surface area contributed by atoms with Gasteiger partial charge in [-0.25, -0.2) is 4.98 Å². The molecule has 0 saturated heterocycles. The maximum absolute atomic E-state index is 4.81. The van der Waals surface area contributed by atoms with Crippen LogP contribution in [0.15, 0.2) is 11.4 Å². The summed E-state index contributed by atoms with van der Waals surface area (Å²) in [5.74, 6) is 0. The first-order valence-electron chi connectivity index (χ1n) is 7.00. The van der Waals surface area contributed by atoms with Crippen LogP contribution >= 0.6 is 22.7 Å². The highest BCUT2D eigenvalue weighted by molar-refractivity contribution is 7.12. The second-order valence-electron chi connectivity index (χ2n) is 6.31. The monoisotopic (exact) mass is 308 g/mol. The van der Waals surface area contributed by atoms with Gasteiger partial charge in [-0.05, 0) is 32.5 Å². The molecule has 2 aromatic heterocycles. The maximum Gasteiger partial charge on any atom is 0.0947 e. The van der Waals surface area contributed by atoms with Crippen LogP contribution in [0.3, 0.4) is 0 Å². The predicted octanol–water partition coefficient (Wildman–Crippen LogP) is 4.62. The summed E-state index contributed by atoms with van der Waals surface area (Å²) in [5.41, 5.74) is 2.73. The quantitative estimate of drug-likeness (QED) is 0.891. The Hall–Kier alpha value is -0.710. The summed E-state index contributed by atoms with van der Waals surface area (Å²) in [4.78, 5) is 7.63. The van der Waals surface area contributed by atoms with Gasteiger partial charge in [-0.1, -0.05) is 20.8 Å². The van der Waals surface area contributed by atoms with Crippen molar-refractivity contribution < 1.29 is 0 Å². The Morgan fingerprint density at radius 3 is 2.45 bits per heavy atom. The molecule has 0 fully saturated rings. The summed E-state index contributed by atoms with van der Waals surface area (Å²) in [7, 11) is 2.04. The van der Waals surface area contributed by atoms with E-state index in [0.29, 0.717) is 6.04 Å². The summed E-state index contributed by atoms with van der Waals surface area (Å²) in [6, 6.07) is 2.67. The lowest BCUT2D eigenvalue weighted by atomic mass is 9.93. The van der Waals surface area contributed by atoms with Crippen molar-refractivity contribution in [3.8, 4) is 0 Å². The van der Waals surface area contributed by atoms with Gasteiger partial charge in [-0.3, -0.25) is 0 Å². The predicted molar refractivity (Wildman–Crippen MR) is 90.1 cm³/mol. The molecule has 2 heterocycles. The average molecular weight is 309 g/mol. The molecule has 0 amide bonds. The summed E-state index contributed by atoms with van der Waals surface area (Å²) in [6.07, 6.45) is 0.969. The zero-order valence-electron chi connectivity index (χ0n) is 13.2. The van der Waals surface area contributed by atoms with Crippen LogP contribution in [0.5, 0.6) is 0 Å². The lowest BCUT2D eigenvalue weighted by Gasteiger charge is -2.15. The lowest BCUT2D eigenvalue weighted by Crippen LogP contribution is -2.18. The molecule has 0 aliphatic heterocycles. The number of hydrogen-bond donors (Lipinski definition) is 1. The standard InChI is InChI=1S/C16H24N2S2/c1-10-7-13(20-11(10)2)12(17-6)8-15-18-14(9-19-15)16(3,4)5/h7,9,12,17H,8H2,1-6H3. The van der Waals surface area contributed by atoms with Crippen LogP contribution in [0.2, 0.25) is 0 Å². The lowest BCUT2D eigenvalue weighted by molar-refractivity contribution is 0.562. The van der Waals surface area contributed by atoms with Crippen LogP contribution in [0.25, 0.3) is 0 Å². The first-order chi connectivity index (χ1) is 9.31. The Kier molecular flexibility index (Phi) is 4.67. The molecule has 2 nitrogen and oxygen atoms in total. The minimum Gasteiger partial charge on any atom is -0.312 e. The largest absolute Gasteiger partial charge is 0.312 e. The van der Waals surface area contributed by atoms with Gasteiger partial charge in [0.2, 0.25) is 0 Å². The Balaban J connectivity index is 2.16. The van der Waals surface area contributed by atoms with E-state index in [1.165, 1.54) is 26.0 Å². The van der Waals surface area contributed by atoms with Crippen molar-refractivity contribution >= 4 is 22.7 Å². The maximum atomic E-state index is 4.81. The number of aromatic nitrogens is 1. The van der Waals surface area contributed by atoms with Crippen LogP contribution in [-0.2, 0) is 11.8 Å². The Bertz CT molecular complexity index is 556. The topological polar surface area (TPSA) is 24.9 Å². The fourth-order valence-electron chi connectivity index (χ4n) is 2.04. The van der Waals surface area contributed by atoms with Crippen LogP contribution in [0.4, 0.5) is 0 Å². The molecule has 4 heteroatoms. The van der Waals surface area contributed by atoms with Crippen molar-refractivity contribution in [3.05, 3.63) is 37.5 Å². The summed E-state index contributed by atoms with van der Waals surface area (Å²) >= 11 is 3.67. The Labute approximate surface area is 130 Å². The molecule has 2 rings (SSSR count). The third kappa shape index (κ3) is 3.48. The Morgan fingerprint density at radius 2 is 2.00 bits per heavy atom. The summed E-state index contributed by atoms with van der Waals surface area (Å²) in [5, 5.41) is 6.85. The second kappa shape index (κ2) is 5.96. The van der Waals surface area contributed by atoms with E-state index < -0.39 is 0 Å². The average Bonchev–Trinajstić information content (AvgIpc) is 2.94. The molecule has 1 atom stereocenters. The highest BCUT2D eigenvalue weighted by atomic mass is 32.1. The fraction of sp³-hybridized carbons (Fsp3) is 0.562. The van der Waals surface area contributed by atoms with Gasteiger partial charge in [0.25, 0.3) is 0 Å². The van der Waals surface area contributed by atoms with E-state index in [4.69, 9.17) is 4.98 Å². The second-order valence-corrected chi connectivity index (χ2v) is 8.54. The molecular formula is C16H24N2S2. The molecule has 0 aromatic carbocycles. The minimum absolute atomic E-state index is 0.139. The number of nitrogens with zero attached hydrogens (tertiary/aromatic N) is 1. The zero-order valence-corrected chi connectivity index (χ0v) is 14.8. The smallest absolute Gasteiger partial charge is 0.0947 e. The van der Waals surface area contributed by atoms with E-state index in [9.17, 15) is 0 Å². The molecule has 1 N–H and O–H groups in total. The molecule has 0 radical (unpaired) electrons. The first kappa shape index (κ1) is 15.7. The van der Waals surface area contributed by atoms with Crippen LogP contribution in [-0.4, -0.2) is 12.0 Å². The van der Waals surface area contributed by atoms with E-state index in [-0.39, 0.29) is 5.41 Å². The normalized spacial score (nSPS) is 13.7. The van der Waals surface area contributed by atoms with Crippen molar-refractivity contribution in [1.29, 1.82) is 0 Å². The number of hydrogen-bond acceptors (Lipinski definition) is 4. The van der Waals surface area contributed by atoms with Gasteiger partial charge in [0, 0.05) is 33.0 Å². The summed E-state index contributed by atoms with van der Waals surface area (Å²) in [6.45, 7) is 11.0. The van der Waals surface area contributed by atoms with Crippen LogP contribution in [0, 0.1) is 13.8 Å². The molecule has 0 saturated carbocycles. The molecule has 20 heavy (non-hydrogen) atoms. The van der Waals surface area contributed by atoms with Crippen LogP contribution < -0.4 is 5.32 Å². The molecule has 110 valence electrons. The number of rotatable bonds is 4. The minimum atomic E-state index is 0.139. The van der Waals surface area contributed by atoms with Crippen molar-refractivity contribution in [1.82, 2.24) is 10.3 Å². The third-order valence-corrected chi connectivity index (χ3v) is 5.71. The highest BCUT2D eigenvalue weighted by Crippen LogP contribution is 2.30. The number of aryl methyl sites for hydroxylation is 2. The number of likely N-dealkylation sites (N-methyl/N-ethyl adjacent to an activating group) is 1. The SMILES string of the molecule is CNC(Cc1nc(C(C)(C)C)cs1)c1cc(C)c(C)s1. The van der Waals surface area contributed by atoms with Crippen molar-refractivity contribution in [3.63, 3.8) is 0 Å². The number of thiazole rings is 1. The highest BCUT2D eigenvalue weighted by Gasteiger charge is 2.20. The van der Waals surface area contributed by atoms with Crippen molar-refractivity contribution in [2.75, 3.05) is 7.05 Å². The van der Waals surface area contributed by atoms with Gasteiger partial charge in [0.1, 0.15) is 0 Å². The van der Waals surface area contributed by atoms with Crippen molar-refractivity contribution in [2.45, 2.75) is 52.5 Å². The number of thiophene rings is 1. The molecular weight excluding hydrogens is 284 g/mol. The van der Waals surface area contributed by atoms with E-state index in [1.807, 2.05) is 18.4 Å². The van der Waals surface area contributed by atoms with E-state index in [1.54, 1.807) is 11.3 Å². The first-order valence-corrected chi connectivity index (χ1v) is 8.70. The molecule has 0 aliphatic rings. The van der Waals surface area contributed by atoms with Crippen molar-refractivity contribution in [2.24, 2.45) is 0 Å². The molecule has 0 aliphatic carbocycles. The van der Waals surface area contributed by atoms with Gasteiger partial charge < -0.3 is 5.32 Å². The molecule has 1 unspecified atom stereocenters. The Morgan fingerprint density at radius 1 is 1.30 bits per heavy atom.